The highest BCUT2D eigenvalue weighted by atomic mass is 16.6. The van der Waals surface area contributed by atoms with Gasteiger partial charge in [-0.15, -0.1) is 5.10 Å². The van der Waals surface area contributed by atoms with Crippen molar-refractivity contribution in [1.82, 2.24) is 20.0 Å². The fourth-order valence-corrected chi connectivity index (χ4v) is 1.26. The van der Waals surface area contributed by atoms with Gasteiger partial charge in [0.2, 0.25) is 5.89 Å². The summed E-state index contributed by atoms with van der Waals surface area (Å²) < 4.78 is 5.06. The van der Waals surface area contributed by atoms with Crippen molar-refractivity contribution in [2.75, 3.05) is 0 Å². The third-order valence-corrected chi connectivity index (χ3v) is 2.15. The average Bonchev–Trinajstić information content (AvgIpc) is 2.98. The van der Waals surface area contributed by atoms with Crippen molar-refractivity contribution in [2.45, 2.75) is 19.9 Å². The van der Waals surface area contributed by atoms with E-state index in [4.69, 9.17) is 4.42 Å². The van der Waals surface area contributed by atoms with E-state index in [-0.39, 0.29) is 29.7 Å². The predicted molar refractivity (Wildman–Crippen MR) is 56.9 cm³/mol. The van der Waals surface area contributed by atoms with Gasteiger partial charge in [0.05, 0.1) is 5.10 Å². The maximum atomic E-state index is 11.3. The number of nitrogens with zero attached hydrogens (tertiary/aromatic N) is 5. The molecule has 0 aromatic carbocycles. The summed E-state index contributed by atoms with van der Waals surface area (Å²) in [7, 11) is 0. The molecule has 18 heavy (non-hydrogen) atoms. The van der Waals surface area contributed by atoms with E-state index in [1.807, 2.05) is 0 Å². The largest absolute Gasteiger partial charge is 0.446 e. The van der Waals surface area contributed by atoms with Crippen LogP contribution in [0.15, 0.2) is 16.9 Å². The molecule has 0 aliphatic carbocycles. The Hall–Kier alpha value is -2.58. The molecule has 0 unspecified atom stereocenters. The van der Waals surface area contributed by atoms with Gasteiger partial charge in [0, 0.05) is 6.42 Å². The van der Waals surface area contributed by atoms with Crippen LogP contribution >= 0.6 is 0 Å². The van der Waals surface area contributed by atoms with Gasteiger partial charge in [-0.3, -0.25) is 4.79 Å². The number of Topliss-reactive ketones (excluding diaryl/α,β-unsaturated/α-hetero) is 1. The fraction of sp³-hybridized carbons (Fsp3) is 0.333. The summed E-state index contributed by atoms with van der Waals surface area (Å²) in [6, 6.07) is 0. The molecule has 0 atom stereocenters. The van der Waals surface area contributed by atoms with Crippen molar-refractivity contribution in [3.8, 4) is 0 Å². The second kappa shape index (κ2) is 4.73. The molecular formula is C9H9N5O4. The molecule has 2 heterocycles. The van der Waals surface area contributed by atoms with Crippen molar-refractivity contribution in [1.29, 1.82) is 0 Å². The Morgan fingerprint density at radius 2 is 2.39 bits per heavy atom. The summed E-state index contributed by atoms with van der Waals surface area (Å²) in [5, 5.41) is 17.7. The normalized spacial score (nSPS) is 10.5. The van der Waals surface area contributed by atoms with E-state index in [1.54, 1.807) is 6.92 Å². The third kappa shape index (κ3) is 2.39. The highest BCUT2D eigenvalue weighted by Gasteiger charge is 2.16. The van der Waals surface area contributed by atoms with E-state index in [0.29, 0.717) is 6.42 Å². The second-order valence-corrected chi connectivity index (χ2v) is 3.39. The summed E-state index contributed by atoms with van der Waals surface area (Å²) >= 11 is 0. The Morgan fingerprint density at radius 3 is 3.00 bits per heavy atom. The van der Waals surface area contributed by atoms with Gasteiger partial charge in [-0.25, -0.2) is 4.98 Å². The van der Waals surface area contributed by atoms with E-state index in [1.165, 1.54) is 6.26 Å². The fourth-order valence-electron chi connectivity index (χ4n) is 1.26. The quantitative estimate of drug-likeness (QED) is 0.438. The zero-order chi connectivity index (χ0) is 13.1. The Bertz CT molecular complexity index is 587. The first-order valence-electron chi connectivity index (χ1n) is 5.12. The van der Waals surface area contributed by atoms with Crippen LogP contribution in [0.4, 0.5) is 5.82 Å². The van der Waals surface area contributed by atoms with Crippen LogP contribution in [0.2, 0.25) is 0 Å². The van der Waals surface area contributed by atoms with Gasteiger partial charge < -0.3 is 14.5 Å². The Kier molecular flexibility index (Phi) is 3.13. The standard InChI is InChI=1S/C9H9N5O4/c1-2-7(15)6-5-18-9(11-6)4-13-10-3-8(12-13)14(16)17/h3,5H,2,4H2,1H3. The minimum atomic E-state index is -0.648. The topological polar surface area (TPSA) is 117 Å². The number of carbonyl (C=O) groups is 1. The number of ketones is 1. The number of aromatic nitrogens is 4. The smallest absolute Gasteiger partial charge is 0.410 e. The molecule has 0 fully saturated rings. The molecule has 9 nitrogen and oxygen atoms in total. The van der Waals surface area contributed by atoms with Gasteiger partial charge in [0.15, 0.2) is 18.5 Å². The second-order valence-electron chi connectivity index (χ2n) is 3.39. The zero-order valence-electron chi connectivity index (χ0n) is 9.44. The molecule has 0 amide bonds. The van der Waals surface area contributed by atoms with Crippen molar-refractivity contribution in [3.63, 3.8) is 0 Å². The lowest BCUT2D eigenvalue weighted by atomic mass is 10.2. The molecule has 0 saturated heterocycles. The Balaban J connectivity index is 2.11. The van der Waals surface area contributed by atoms with Crippen LogP contribution in [0.5, 0.6) is 0 Å². The monoisotopic (exact) mass is 251 g/mol. The molecule has 0 aliphatic heterocycles. The summed E-state index contributed by atoms with van der Waals surface area (Å²) in [6.45, 7) is 1.75. The average molecular weight is 251 g/mol. The van der Waals surface area contributed by atoms with E-state index in [9.17, 15) is 14.9 Å². The van der Waals surface area contributed by atoms with Crippen LogP contribution in [0, 0.1) is 10.1 Å². The van der Waals surface area contributed by atoms with Gasteiger partial charge in [-0.2, -0.15) is 0 Å². The van der Waals surface area contributed by atoms with Gasteiger partial charge in [0.1, 0.15) is 12.0 Å². The van der Waals surface area contributed by atoms with Gasteiger partial charge >= 0.3 is 5.82 Å². The number of rotatable bonds is 5. The lowest BCUT2D eigenvalue weighted by Gasteiger charge is -1.89. The van der Waals surface area contributed by atoms with Gasteiger partial charge in [-0.1, -0.05) is 11.7 Å². The number of nitro groups is 1. The highest BCUT2D eigenvalue weighted by molar-refractivity contribution is 5.93. The van der Waals surface area contributed by atoms with E-state index in [0.717, 1.165) is 11.0 Å². The molecule has 9 heteroatoms. The van der Waals surface area contributed by atoms with E-state index in [2.05, 4.69) is 15.2 Å². The minimum absolute atomic E-state index is 0.0326. The molecular weight excluding hydrogens is 242 g/mol. The first-order valence-corrected chi connectivity index (χ1v) is 5.12. The maximum absolute atomic E-state index is 11.3. The highest BCUT2D eigenvalue weighted by Crippen LogP contribution is 2.07. The van der Waals surface area contributed by atoms with Crippen molar-refractivity contribution in [2.24, 2.45) is 0 Å². The molecule has 2 aromatic rings. The third-order valence-electron chi connectivity index (χ3n) is 2.15. The van der Waals surface area contributed by atoms with Crippen LogP contribution in [-0.2, 0) is 6.54 Å². The van der Waals surface area contributed by atoms with Crippen molar-refractivity contribution in [3.05, 3.63) is 34.2 Å². The maximum Gasteiger partial charge on any atom is 0.410 e. The van der Waals surface area contributed by atoms with Gasteiger partial charge in [-0.05, 0) is 4.92 Å². The summed E-state index contributed by atoms with van der Waals surface area (Å²) in [6.07, 6.45) is 2.61. The van der Waals surface area contributed by atoms with Crippen LogP contribution in [0.3, 0.4) is 0 Å². The molecule has 0 N–H and O–H groups in total. The summed E-state index contributed by atoms with van der Waals surface area (Å²) in [5.74, 6) is -0.270. The SMILES string of the molecule is CCC(=O)c1coc(Cn2ncc([N+](=O)[O-])n2)n1. The Morgan fingerprint density at radius 1 is 1.61 bits per heavy atom. The lowest BCUT2D eigenvalue weighted by molar-refractivity contribution is -0.389. The number of carbonyl (C=O) groups excluding carboxylic acids is 1. The van der Waals surface area contributed by atoms with Crippen LogP contribution in [0.1, 0.15) is 29.7 Å². The van der Waals surface area contributed by atoms with Gasteiger partial charge in [0.25, 0.3) is 0 Å². The minimum Gasteiger partial charge on any atom is -0.446 e. The van der Waals surface area contributed by atoms with Crippen LogP contribution < -0.4 is 0 Å². The molecule has 94 valence electrons. The van der Waals surface area contributed by atoms with Crippen molar-refractivity contribution < 1.29 is 14.1 Å². The molecule has 0 bridgehead atoms. The van der Waals surface area contributed by atoms with Crippen LogP contribution in [-0.4, -0.2) is 30.7 Å². The molecule has 0 saturated carbocycles. The molecule has 2 rings (SSSR count). The summed E-state index contributed by atoms with van der Waals surface area (Å²) in [4.78, 5) is 26.1. The number of oxazole rings is 1. The predicted octanol–water partition coefficient (Wildman–Crippen LogP) is 0.815. The van der Waals surface area contributed by atoms with E-state index >= 15 is 0 Å². The van der Waals surface area contributed by atoms with Crippen LogP contribution in [0.25, 0.3) is 0 Å². The molecule has 0 radical (unpaired) electrons. The van der Waals surface area contributed by atoms with Crippen molar-refractivity contribution >= 4 is 11.6 Å². The van der Waals surface area contributed by atoms with E-state index < -0.39 is 4.92 Å². The molecule has 0 aliphatic rings. The molecule has 0 spiro atoms. The summed E-state index contributed by atoms with van der Waals surface area (Å²) in [5.41, 5.74) is 0.231. The lowest BCUT2D eigenvalue weighted by Crippen LogP contribution is -2.05. The molecule has 2 aromatic heterocycles. The first-order chi connectivity index (χ1) is 8.60. The number of hydrogen-bond acceptors (Lipinski definition) is 7. The Labute approximate surface area is 101 Å². The first kappa shape index (κ1) is 11.9. The zero-order valence-corrected chi connectivity index (χ0v) is 9.44. The number of hydrogen-bond donors (Lipinski definition) is 0.